The fourth-order valence-electron chi connectivity index (χ4n) is 2.03. The Bertz CT molecular complexity index is 658. The summed E-state index contributed by atoms with van der Waals surface area (Å²) in [6, 6.07) is 11.5. The van der Waals surface area contributed by atoms with E-state index in [2.05, 4.69) is 23.3 Å². The highest BCUT2D eigenvalue weighted by molar-refractivity contribution is 5.94. The molecule has 23 heavy (non-hydrogen) atoms. The van der Waals surface area contributed by atoms with Gasteiger partial charge in [0, 0.05) is 11.5 Å². The Balaban J connectivity index is 2.07. The molecule has 1 aromatic carbocycles. The van der Waals surface area contributed by atoms with Crippen LogP contribution in [-0.2, 0) is 11.2 Å². The van der Waals surface area contributed by atoms with Crippen LogP contribution in [0.5, 0.6) is 11.6 Å². The predicted octanol–water partition coefficient (Wildman–Crippen LogP) is 4.81. The SMILES string of the molecule is CCCc1ccccc1Oc1ccc(NC(=O)C(C)(C)C)cn1. The van der Waals surface area contributed by atoms with Crippen molar-refractivity contribution in [2.45, 2.75) is 40.5 Å². The van der Waals surface area contributed by atoms with Gasteiger partial charge in [0.2, 0.25) is 11.8 Å². The second-order valence-corrected chi connectivity index (χ2v) is 6.55. The molecule has 0 aliphatic carbocycles. The molecule has 4 heteroatoms. The van der Waals surface area contributed by atoms with E-state index in [9.17, 15) is 4.79 Å². The van der Waals surface area contributed by atoms with E-state index < -0.39 is 5.41 Å². The molecule has 2 rings (SSSR count). The van der Waals surface area contributed by atoms with Crippen LogP contribution in [0, 0.1) is 5.41 Å². The number of carbonyl (C=O) groups excluding carboxylic acids is 1. The van der Waals surface area contributed by atoms with Crippen LogP contribution in [0.2, 0.25) is 0 Å². The molecule has 1 aromatic heterocycles. The molecule has 0 saturated carbocycles. The monoisotopic (exact) mass is 312 g/mol. The molecule has 0 aliphatic rings. The van der Waals surface area contributed by atoms with Crippen molar-refractivity contribution in [2.75, 3.05) is 5.32 Å². The molecule has 2 aromatic rings. The maximum absolute atomic E-state index is 12.0. The van der Waals surface area contributed by atoms with Gasteiger partial charge in [-0.2, -0.15) is 0 Å². The van der Waals surface area contributed by atoms with Crippen molar-refractivity contribution in [2.24, 2.45) is 5.41 Å². The molecule has 0 aliphatic heterocycles. The molecule has 0 saturated heterocycles. The number of aryl methyl sites for hydroxylation is 1. The summed E-state index contributed by atoms with van der Waals surface area (Å²) in [7, 11) is 0. The van der Waals surface area contributed by atoms with E-state index in [1.165, 1.54) is 5.56 Å². The number of aromatic nitrogens is 1. The first-order chi connectivity index (χ1) is 10.9. The van der Waals surface area contributed by atoms with Crippen LogP contribution in [0.4, 0.5) is 5.69 Å². The second-order valence-electron chi connectivity index (χ2n) is 6.55. The standard InChI is InChI=1S/C19H24N2O2/c1-5-8-14-9-6-7-10-16(14)23-17-12-11-15(13-20-17)21-18(22)19(2,3)4/h6-7,9-13H,5,8H2,1-4H3,(H,21,22). The summed E-state index contributed by atoms with van der Waals surface area (Å²) >= 11 is 0. The molecule has 1 N–H and O–H groups in total. The number of hydrogen-bond donors (Lipinski definition) is 1. The van der Waals surface area contributed by atoms with Gasteiger partial charge >= 0.3 is 0 Å². The highest BCUT2D eigenvalue weighted by Gasteiger charge is 2.21. The van der Waals surface area contributed by atoms with Crippen LogP contribution < -0.4 is 10.1 Å². The first kappa shape index (κ1) is 17.0. The number of rotatable bonds is 5. The highest BCUT2D eigenvalue weighted by Crippen LogP contribution is 2.26. The summed E-state index contributed by atoms with van der Waals surface area (Å²) in [6.45, 7) is 7.76. The van der Waals surface area contributed by atoms with E-state index in [4.69, 9.17) is 4.74 Å². The zero-order valence-corrected chi connectivity index (χ0v) is 14.2. The van der Waals surface area contributed by atoms with Crippen LogP contribution in [0.15, 0.2) is 42.6 Å². The van der Waals surface area contributed by atoms with Crippen LogP contribution in [-0.4, -0.2) is 10.9 Å². The Hall–Kier alpha value is -2.36. The van der Waals surface area contributed by atoms with E-state index in [0.29, 0.717) is 11.6 Å². The van der Waals surface area contributed by atoms with Gasteiger partial charge in [0.1, 0.15) is 5.75 Å². The predicted molar refractivity (Wildman–Crippen MR) is 92.8 cm³/mol. The number of amides is 1. The van der Waals surface area contributed by atoms with Crippen molar-refractivity contribution < 1.29 is 9.53 Å². The molecule has 0 atom stereocenters. The summed E-state index contributed by atoms with van der Waals surface area (Å²) in [4.78, 5) is 16.2. The molecule has 0 fully saturated rings. The Morgan fingerprint density at radius 3 is 2.52 bits per heavy atom. The number of nitrogens with one attached hydrogen (secondary N) is 1. The smallest absolute Gasteiger partial charge is 0.229 e. The van der Waals surface area contributed by atoms with Crippen molar-refractivity contribution in [3.63, 3.8) is 0 Å². The highest BCUT2D eigenvalue weighted by atomic mass is 16.5. The van der Waals surface area contributed by atoms with E-state index >= 15 is 0 Å². The lowest BCUT2D eigenvalue weighted by Crippen LogP contribution is -2.27. The largest absolute Gasteiger partial charge is 0.439 e. The minimum atomic E-state index is -0.436. The second kappa shape index (κ2) is 7.27. The fraction of sp³-hybridized carbons (Fsp3) is 0.368. The molecule has 0 unspecified atom stereocenters. The van der Waals surface area contributed by atoms with E-state index in [0.717, 1.165) is 18.6 Å². The fourth-order valence-corrected chi connectivity index (χ4v) is 2.03. The summed E-state index contributed by atoms with van der Waals surface area (Å²) < 4.78 is 5.87. The first-order valence-corrected chi connectivity index (χ1v) is 7.93. The lowest BCUT2D eigenvalue weighted by molar-refractivity contribution is -0.123. The van der Waals surface area contributed by atoms with Gasteiger partial charge in [-0.15, -0.1) is 0 Å². The number of pyridine rings is 1. The van der Waals surface area contributed by atoms with Gasteiger partial charge in [0.05, 0.1) is 11.9 Å². The van der Waals surface area contributed by atoms with E-state index in [-0.39, 0.29) is 5.91 Å². The summed E-state index contributed by atoms with van der Waals surface area (Å²) in [6.07, 6.45) is 3.64. The van der Waals surface area contributed by atoms with E-state index in [1.54, 1.807) is 18.3 Å². The number of hydrogen-bond acceptors (Lipinski definition) is 3. The van der Waals surface area contributed by atoms with Gasteiger partial charge < -0.3 is 10.1 Å². The van der Waals surface area contributed by atoms with Gasteiger partial charge in [-0.05, 0) is 24.1 Å². The Labute approximate surface area is 137 Å². The number of ether oxygens (including phenoxy) is 1. The normalized spacial score (nSPS) is 11.1. The Morgan fingerprint density at radius 2 is 1.91 bits per heavy atom. The van der Waals surface area contributed by atoms with Crippen molar-refractivity contribution in [1.29, 1.82) is 0 Å². The third-order valence-electron chi connectivity index (χ3n) is 3.38. The van der Waals surface area contributed by atoms with Crippen molar-refractivity contribution in [3.05, 3.63) is 48.2 Å². The first-order valence-electron chi connectivity index (χ1n) is 7.93. The lowest BCUT2D eigenvalue weighted by Gasteiger charge is -2.17. The van der Waals surface area contributed by atoms with Gasteiger partial charge in [0.25, 0.3) is 0 Å². The van der Waals surface area contributed by atoms with Crippen molar-refractivity contribution >= 4 is 11.6 Å². The molecule has 0 spiro atoms. The van der Waals surface area contributed by atoms with Crippen molar-refractivity contribution in [3.8, 4) is 11.6 Å². The molecular weight excluding hydrogens is 288 g/mol. The molecular formula is C19H24N2O2. The average Bonchev–Trinajstić information content (AvgIpc) is 2.50. The molecule has 122 valence electrons. The molecule has 0 radical (unpaired) electrons. The third kappa shape index (κ3) is 4.81. The lowest BCUT2D eigenvalue weighted by atomic mass is 9.96. The quantitative estimate of drug-likeness (QED) is 0.862. The van der Waals surface area contributed by atoms with Gasteiger partial charge in [-0.25, -0.2) is 4.98 Å². The Kier molecular flexibility index (Phi) is 5.37. The molecule has 1 heterocycles. The van der Waals surface area contributed by atoms with Gasteiger partial charge in [-0.3, -0.25) is 4.79 Å². The number of anilines is 1. The summed E-state index contributed by atoms with van der Waals surface area (Å²) in [5.74, 6) is 1.30. The summed E-state index contributed by atoms with van der Waals surface area (Å²) in [5.41, 5.74) is 1.40. The van der Waals surface area contributed by atoms with Gasteiger partial charge in [0.15, 0.2) is 0 Å². The summed E-state index contributed by atoms with van der Waals surface area (Å²) in [5, 5.41) is 2.85. The van der Waals surface area contributed by atoms with E-state index in [1.807, 2.05) is 39.0 Å². The maximum Gasteiger partial charge on any atom is 0.229 e. The van der Waals surface area contributed by atoms with Crippen LogP contribution in [0.25, 0.3) is 0 Å². The zero-order valence-electron chi connectivity index (χ0n) is 14.2. The third-order valence-corrected chi connectivity index (χ3v) is 3.38. The number of para-hydroxylation sites is 1. The van der Waals surface area contributed by atoms with Crippen molar-refractivity contribution in [1.82, 2.24) is 4.98 Å². The number of carbonyl (C=O) groups is 1. The van der Waals surface area contributed by atoms with Crippen LogP contribution >= 0.6 is 0 Å². The topological polar surface area (TPSA) is 51.2 Å². The number of nitrogens with zero attached hydrogens (tertiary/aromatic N) is 1. The van der Waals surface area contributed by atoms with Gasteiger partial charge in [-0.1, -0.05) is 52.3 Å². The number of benzene rings is 1. The van der Waals surface area contributed by atoms with Crippen LogP contribution in [0.3, 0.4) is 0 Å². The average molecular weight is 312 g/mol. The van der Waals surface area contributed by atoms with Crippen LogP contribution in [0.1, 0.15) is 39.7 Å². The molecule has 1 amide bonds. The minimum Gasteiger partial charge on any atom is -0.439 e. The molecule has 4 nitrogen and oxygen atoms in total. The minimum absolute atomic E-state index is 0.0405. The maximum atomic E-state index is 12.0. The Morgan fingerprint density at radius 1 is 1.17 bits per heavy atom. The zero-order chi connectivity index (χ0) is 16.9. The molecule has 0 bridgehead atoms.